The van der Waals surface area contributed by atoms with E-state index in [9.17, 15) is 14.7 Å². The van der Waals surface area contributed by atoms with Gasteiger partial charge in [-0.05, 0) is 56.9 Å². The molecule has 5 rings (SSSR count). The molecule has 0 aromatic heterocycles. The summed E-state index contributed by atoms with van der Waals surface area (Å²) in [5.74, 6) is -1.28. The van der Waals surface area contributed by atoms with Gasteiger partial charge in [0.25, 0.3) is 0 Å². The number of rotatable bonds is 1. The summed E-state index contributed by atoms with van der Waals surface area (Å²) in [6, 6.07) is 0. The Morgan fingerprint density at radius 1 is 1.43 bits per heavy atom. The van der Waals surface area contributed by atoms with Gasteiger partial charge >= 0.3 is 11.9 Å². The zero-order valence-corrected chi connectivity index (χ0v) is 13.4. The molecule has 1 saturated heterocycles. The zero-order chi connectivity index (χ0) is 16.2. The Hall–Kier alpha value is -1.58. The minimum atomic E-state index is -0.760. The first kappa shape index (κ1) is 13.8. The lowest BCUT2D eigenvalue weighted by atomic mass is 9.60. The van der Waals surface area contributed by atoms with Gasteiger partial charge < -0.3 is 9.84 Å². The van der Waals surface area contributed by atoms with Crippen molar-refractivity contribution >= 4 is 11.9 Å². The molecule has 1 aliphatic heterocycles. The third-order valence-corrected chi connectivity index (χ3v) is 7.70. The number of carbonyl (C=O) groups excluding carboxylic acids is 1. The maximum absolute atomic E-state index is 12.6. The number of ether oxygens (including phenoxy) is 1. The van der Waals surface area contributed by atoms with E-state index in [1.807, 2.05) is 6.92 Å². The van der Waals surface area contributed by atoms with Crippen molar-refractivity contribution in [2.24, 2.45) is 28.6 Å². The standard InChI is InChI=1S/C19H22O4/c1-10-8-18-9-11(10)4-5-12(18)19-7-3-6-17(2,16(22)23-19)14(19)13(18)15(20)21/h5,11,13-14H,1,3-4,6-9H2,2H3,(H,20,21). The SMILES string of the molecule is C=C1CC23CC1CC=C2C12CCCC(C)(C(=O)O1)C2C3C(=O)O. The van der Waals surface area contributed by atoms with Crippen LogP contribution in [0.2, 0.25) is 0 Å². The van der Waals surface area contributed by atoms with E-state index < -0.39 is 22.9 Å². The molecule has 4 bridgehead atoms. The molecule has 5 aliphatic rings. The Morgan fingerprint density at radius 2 is 2.22 bits per heavy atom. The summed E-state index contributed by atoms with van der Waals surface area (Å²) < 4.78 is 6.03. The molecule has 4 aliphatic carbocycles. The Balaban J connectivity index is 1.79. The summed E-state index contributed by atoms with van der Waals surface area (Å²) in [6.45, 7) is 6.16. The van der Waals surface area contributed by atoms with Crippen LogP contribution in [0.4, 0.5) is 0 Å². The van der Waals surface area contributed by atoms with E-state index in [1.165, 1.54) is 5.57 Å². The number of aliphatic carboxylic acids is 1. The molecule has 6 atom stereocenters. The molecule has 0 aromatic rings. The molecule has 3 saturated carbocycles. The molecule has 1 N–H and O–H groups in total. The molecule has 23 heavy (non-hydrogen) atoms. The quantitative estimate of drug-likeness (QED) is 0.597. The molecular weight excluding hydrogens is 292 g/mol. The van der Waals surface area contributed by atoms with Crippen molar-refractivity contribution < 1.29 is 19.4 Å². The Bertz CT molecular complexity index is 706. The summed E-state index contributed by atoms with van der Waals surface area (Å²) in [4.78, 5) is 25.0. The van der Waals surface area contributed by atoms with Crippen molar-refractivity contribution in [2.45, 2.75) is 51.0 Å². The molecular formula is C19H22O4. The predicted molar refractivity (Wildman–Crippen MR) is 82.4 cm³/mol. The van der Waals surface area contributed by atoms with Crippen LogP contribution in [0.1, 0.15) is 45.4 Å². The van der Waals surface area contributed by atoms with Crippen LogP contribution in [0.15, 0.2) is 23.8 Å². The lowest BCUT2D eigenvalue weighted by Gasteiger charge is -2.38. The maximum Gasteiger partial charge on any atom is 0.313 e. The second-order valence-corrected chi connectivity index (χ2v) is 8.59. The summed E-state index contributed by atoms with van der Waals surface area (Å²) in [5.41, 5.74) is 0.665. The number of hydrogen-bond acceptors (Lipinski definition) is 3. The zero-order valence-electron chi connectivity index (χ0n) is 13.4. The van der Waals surface area contributed by atoms with Crippen LogP contribution in [0.3, 0.4) is 0 Å². The van der Waals surface area contributed by atoms with Gasteiger partial charge in [-0.15, -0.1) is 0 Å². The monoisotopic (exact) mass is 314 g/mol. The number of carboxylic acids is 1. The van der Waals surface area contributed by atoms with E-state index in [-0.39, 0.29) is 17.3 Å². The van der Waals surface area contributed by atoms with Gasteiger partial charge in [0.2, 0.25) is 0 Å². The van der Waals surface area contributed by atoms with E-state index >= 15 is 0 Å². The third kappa shape index (κ3) is 1.25. The number of hydrogen-bond donors (Lipinski definition) is 1. The Morgan fingerprint density at radius 3 is 2.96 bits per heavy atom. The number of fused-ring (bicyclic) bond motifs is 1. The molecule has 4 fully saturated rings. The fraction of sp³-hybridized carbons (Fsp3) is 0.684. The molecule has 4 heteroatoms. The number of carboxylic acid groups (broad SMARTS) is 1. The topological polar surface area (TPSA) is 63.6 Å². The minimum Gasteiger partial charge on any atom is -0.481 e. The normalized spacial score (nSPS) is 52.7. The second kappa shape index (κ2) is 3.73. The Kier molecular flexibility index (Phi) is 2.24. The van der Waals surface area contributed by atoms with E-state index in [1.54, 1.807) is 0 Å². The highest BCUT2D eigenvalue weighted by molar-refractivity contribution is 5.86. The van der Waals surface area contributed by atoms with E-state index in [2.05, 4.69) is 12.7 Å². The first-order valence-corrected chi connectivity index (χ1v) is 8.70. The van der Waals surface area contributed by atoms with Crippen LogP contribution in [0.5, 0.6) is 0 Å². The van der Waals surface area contributed by atoms with Crippen LogP contribution in [0.25, 0.3) is 0 Å². The highest BCUT2D eigenvalue weighted by Crippen LogP contribution is 2.76. The van der Waals surface area contributed by atoms with Gasteiger partial charge in [0.1, 0.15) is 5.60 Å². The molecule has 0 amide bonds. The predicted octanol–water partition coefficient (Wildman–Crippen LogP) is 3.09. The van der Waals surface area contributed by atoms with Crippen molar-refractivity contribution in [3.63, 3.8) is 0 Å². The van der Waals surface area contributed by atoms with Gasteiger partial charge in [0.05, 0.1) is 11.3 Å². The molecule has 0 radical (unpaired) electrons. The van der Waals surface area contributed by atoms with Crippen LogP contribution >= 0.6 is 0 Å². The summed E-state index contributed by atoms with van der Waals surface area (Å²) in [5, 5.41) is 10.1. The van der Waals surface area contributed by atoms with Gasteiger partial charge in [-0.3, -0.25) is 9.59 Å². The lowest BCUT2D eigenvalue weighted by Crippen LogP contribution is -2.45. The second-order valence-electron chi connectivity index (χ2n) is 8.59. The van der Waals surface area contributed by atoms with Gasteiger partial charge in [0, 0.05) is 11.3 Å². The van der Waals surface area contributed by atoms with Crippen molar-refractivity contribution in [1.82, 2.24) is 0 Å². The fourth-order valence-corrected chi connectivity index (χ4v) is 6.98. The smallest absolute Gasteiger partial charge is 0.313 e. The maximum atomic E-state index is 12.6. The van der Waals surface area contributed by atoms with Crippen LogP contribution in [0, 0.1) is 28.6 Å². The Labute approximate surface area is 135 Å². The number of allylic oxidation sites excluding steroid dienone is 2. The highest BCUT2D eigenvalue weighted by atomic mass is 16.6. The first-order chi connectivity index (χ1) is 10.9. The van der Waals surface area contributed by atoms with Crippen molar-refractivity contribution in [2.75, 3.05) is 0 Å². The molecule has 122 valence electrons. The van der Waals surface area contributed by atoms with Crippen molar-refractivity contribution in [3.8, 4) is 0 Å². The third-order valence-electron chi connectivity index (χ3n) is 7.70. The van der Waals surface area contributed by atoms with Crippen LogP contribution in [-0.4, -0.2) is 22.6 Å². The van der Waals surface area contributed by atoms with Gasteiger partial charge in [0.15, 0.2) is 0 Å². The van der Waals surface area contributed by atoms with Crippen molar-refractivity contribution in [3.05, 3.63) is 23.8 Å². The van der Waals surface area contributed by atoms with Gasteiger partial charge in [-0.2, -0.15) is 0 Å². The molecule has 0 aromatic carbocycles. The fourth-order valence-electron chi connectivity index (χ4n) is 6.98. The van der Waals surface area contributed by atoms with Crippen molar-refractivity contribution in [1.29, 1.82) is 0 Å². The summed E-state index contributed by atoms with van der Waals surface area (Å²) in [7, 11) is 0. The van der Waals surface area contributed by atoms with E-state index in [0.717, 1.165) is 44.1 Å². The number of carbonyl (C=O) groups is 2. The number of esters is 1. The first-order valence-electron chi connectivity index (χ1n) is 8.70. The van der Waals surface area contributed by atoms with Crippen LogP contribution < -0.4 is 0 Å². The largest absolute Gasteiger partial charge is 0.481 e. The van der Waals surface area contributed by atoms with Gasteiger partial charge in [-0.1, -0.05) is 18.2 Å². The van der Waals surface area contributed by atoms with Gasteiger partial charge in [-0.25, -0.2) is 0 Å². The summed E-state index contributed by atoms with van der Waals surface area (Å²) >= 11 is 0. The molecule has 1 spiro atoms. The van der Waals surface area contributed by atoms with E-state index in [0.29, 0.717) is 5.92 Å². The summed E-state index contributed by atoms with van der Waals surface area (Å²) in [6.07, 6.45) is 7.23. The van der Waals surface area contributed by atoms with E-state index in [4.69, 9.17) is 4.74 Å². The molecule has 4 nitrogen and oxygen atoms in total. The minimum absolute atomic E-state index is 0.180. The average molecular weight is 314 g/mol. The molecule has 1 heterocycles. The highest BCUT2D eigenvalue weighted by Gasteiger charge is 2.79. The molecule has 6 unspecified atom stereocenters. The average Bonchev–Trinajstić information content (AvgIpc) is 2.92. The lowest BCUT2D eigenvalue weighted by molar-refractivity contribution is -0.152. The van der Waals surface area contributed by atoms with Crippen LogP contribution in [-0.2, 0) is 14.3 Å².